The molecule has 0 radical (unpaired) electrons. The molecule has 1 aromatic rings. The second kappa shape index (κ2) is 5.39. The molecule has 1 heterocycles. The minimum absolute atomic E-state index is 0.0338. The predicted molar refractivity (Wildman–Crippen MR) is 78.4 cm³/mol. The van der Waals surface area contributed by atoms with E-state index >= 15 is 0 Å². The summed E-state index contributed by atoms with van der Waals surface area (Å²) in [6.45, 7) is 3.66. The highest BCUT2D eigenvalue weighted by Crippen LogP contribution is 2.25. The van der Waals surface area contributed by atoms with Gasteiger partial charge in [0.1, 0.15) is 0 Å². The smallest absolute Gasteiger partial charge is 0.255 e. The first-order valence-electron chi connectivity index (χ1n) is 6.41. The van der Waals surface area contributed by atoms with Gasteiger partial charge in [0.2, 0.25) is 0 Å². The summed E-state index contributed by atoms with van der Waals surface area (Å²) in [7, 11) is 4.09. The van der Waals surface area contributed by atoms with Crippen LogP contribution in [0, 0.1) is 5.92 Å². The van der Waals surface area contributed by atoms with Crippen LogP contribution in [-0.4, -0.2) is 48.9 Å². The summed E-state index contributed by atoms with van der Waals surface area (Å²) in [5.74, 6) is 0.423. The third kappa shape index (κ3) is 2.85. The average molecular weight is 282 g/mol. The van der Waals surface area contributed by atoms with Crippen molar-refractivity contribution in [3.8, 4) is 0 Å². The second-order valence-corrected chi connectivity index (χ2v) is 5.86. The number of nitrogens with two attached hydrogens (primary N) is 1. The summed E-state index contributed by atoms with van der Waals surface area (Å²) in [6, 6.07) is 5.42. The summed E-state index contributed by atoms with van der Waals surface area (Å²) < 4.78 is 0. The van der Waals surface area contributed by atoms with E-state index in [2.05, 4.69) is 11.8 Å². The lowest BCUT2D eigenvalue weighted by molar-refractivity contribution is 0.0781. The molecule has 0 saturated carbocycles. The molecule has 1 aromatic carbocycles. The minimum atomic E-state index is -0.0338. The number of carbonyl (C=O) groups excluding carboxylic acids is 1. The molecular formula is C14H20ClN3O. The highest BCUT2D eigenvalue weighted by atomic mass is 35.5. The van der Waals surface area contributed by atoms with Crippen LogP contribution >= 0.6 is 11.6 Å². The molecule has 19 heavy (non-hydrogen) atoms. The number of likely N-dealkylation sites (N-methyl/N-ethyl adjacent to an activating group) is 1. The third-order valence-electron chi connectivity index (χ3n) is 3.74. The topological polar surface area (TPSA) is 49.6 Å². The van der Waals surface area contributed by atoms with Crippen molar-refractivity contribution in [3.63, 3.8) is 0 Å². The Bertz CT molecular complexity index is 490. The molecule has 1 amide bonds. The molecule has 2 rings (SSSR count). The summed E-state index contributed by atoms with van der Waals surface area (Å²) in [6.07, 6.45) is 0. The van der Waals surface area contributed by atoms with Crippen LogP contribution in [0.4, 0.5) is 5.69 Å². The zero-order valence-corrected chi connectivity index (χ0v) is 12.3. The van der Waals surface area contributed by atoms with Gasteiger partial charge >= 0.3 is 0 Å². The van der Waals surface area contributed by atoms with Crippen molar-refractivity contribution in [3.05, 3.63) is 28.8 Å². The van der Waals surface area contributed by atoms with Crippen molar-refractivity contribution in [2.75, 3.05) is 32.9 Å². The lowest BCUT2D eigenvalue weighted by Crippen LogP contribution is -2.35. The van der Waals surface area contributed by atoms with E-state index < -0.39 is 0 Å². The van der Waals surface area contributed by atoms with E-state index in [0.717, 1.165) is 13.1 Å². The first-order valence-corrected chi connectivity index (χ1v) is 6.78. The molecule has 1 fully saturated rings. The number of hydrogen-bond acceptors (Lipinski definition) is 3. The SMILES string of the molecule is CC1CN(C(=O)c2cc(N)ccc2Cl)CC1N(C)C. The number of halogens is 1. The zero-order chi connectivity index (χ0) is 14.2. The molecule has 0 aliphatic carbocycles. The Hall–Kier alpha value is -1.26. The van der Waals surface area contributed by atoms with Crippen molar-refractivity contribution in [1.82, 2.24) is 9.80 Å². The number of benzene rings is 1. The maximum Gasteiger partial charge on any atom is 0.255 e. The Balaban J connectivity index is 2.19. The van der Waals surface area contributed by atoms with Gasteiger partial charge in [0.25, 0.3) is 5.91 Å². The van der Waals surface area contributed by atoms with E-state index in [9.17, 15) is 4.79 Å². The molecule has 2 unspecified atom stereocenters. The van der Waals surface area contributed by atoms with Gasteiger partial charge in [-0.3, -0.25) is 4.79 Å². The Labute approximate surface area is 119 Å². The Morgan fingerprint density at radius 1 is 1.42 bits per heavy atom. The standard InChI is InChI=1S/C14H20ClN3O/c1-9-7-18(8-13(9)17(2)3)14(19)11-6-10(16)4-5-12(11)15/h4-6,9,13H,7-8,16H2,1-3H3. The van der Waals surface area contributed by atoms with Crippen LogP contribution in [0.2, 0.25) is 5.02 Å². The van der Waals surface area contributed by atoms with Gasteiger partial charge in [0.15, 0.2) is 0 Å². The number of rotatable bonds is 2. The van der Waals surface area contributed by atoms with Crippen LogP contribution in [0.25, 0.3) is 0 Å². The van der Waals surface area contributed by atoms with Crippen LogP contribution in [0.5, 0.6) is 0 Å². The van der Waals surface area contributed by atoms with Crippen LogP contribution in [0.1, 0.15) is 17.3 Å². The van der Waals surface area contributed by atoms with Gasteiger partial charge < -0.3 is 15.5 Å². The summed E-state index contributed by atoms with van der Waals surface area (Å²) >= 11 is 6.09. The van der Waals surface area contributed by atoms with E-state index in [0.29, 0.717) is 28.2 Å². The van der Waals surface area contributed by atoms with Crippen molar-refractivity contribution in [2.24, 2.45) is 5.92 Å². The molecule has 1 saturated heterocycles. The number of carbonyl (C=O) groups is 1. The average Bonchev–Trinajstić information content (AvgIpc) is 2.74. The van der Waals surface area contributed by atoms with Gasteiger partial charge in [-0.1, -0.05) is 18.5 Å². The fraction of sp³-hybridized carbons (Fsp3) is 0.500. The Morgan fingerprint density at radius 2 is 2.11 bits per heavy atom. The van der Waals surface area contributed by atoms with Gasteiger partial charge in [-0.2, -0.15) is 0 Å². The number of likely N-dealkylation sites (tertiary alicyclic amines) is 1. The normalized spacial score (nSPS) is 23.1. The molecule has 0 aromatic heterocycles. The van der Waals surface area contributed by atoms with Crippen molar-refractivity contribution in [2.45, 2.75) is 13.0 Å². The minimum Gasteiger partial charge on any atom is -0.399 e. The molecule has 1 aliphatic heterocycles. The first kappa shape index (κ1) is 14.2. The molecule has 4 nitrogen and oxygen atoms in total. The molecular weight excluding hydrogens is 262 g/mol. The highest BCUT2D eigenvalue weighted by Gasteiger charge is 2.34. The molecule has 104 valence electrons. The molecule has 0 spiro atoms. The quantitative estimate of drug-likeness (QED) is 0.843. The number of nitrogen functional groups attached to an aromatic ring is 1. The van der Waals surface area contributed by atoms with Gasteiger partial charge in [0.05, 0.1) is 10.6 Å². The van der Waals surface area contributed by atoms with Gasteiger partial charge in [-0.15, -0.1) is 0 Å². The molecule has 0 bridgehead atoms. The van der Waals surface area contributed by atoms with Crippen LogP contribution in [0.15, 0.2) is 18.2 Å². The fourth-order valence-corrected chi connectivity index (χ4v) is 2.86. The van der Waals surface area contributed by atoms with Crippen LogP contribution < -0.4 is 5.73 Å². The van der Waals surface area contributed by atoms with E-state index in [1.165, 1.54) is 0 Å². The molecule has 5 heteroatoms. The molecule has 2 N–H and O–H groups in total. The highest BCUT2D eigenvalue weighted by molar-refractivity contribution is 6.34. The van der Waals surface area contributed by atoms with Crippen molar-refractivity contribution in [1.29, 1.82) is 0 Å². The maximum absolute atomic E-state index is 12.5. The second-order valence-electron chi connectivity index (χ2n) is 5.46. The van der Waals surface area contributed by atoms with Crippen LogP contribution in [0.3, 0.4) is 0 Å². The maximum atomic E-state index is 12.5. The largest absolute Gasteiger partial charge is 0.399 e. The van der Waals surface area contributed by atoms with E-state index in [1.54, 1.807) is 18.2 Å². The Morgan fingerprint density at radius 3 is 2.68 bits per heavy atom. The monoisotopic (exact) mass is 281 g/mol. The Kier molecular flexibility index (Phi) is 4.02. The van der Waals surface area contributed by atoms with E-state index in [4.69, 9.17) is 17.3 Å². The lowest BCUT2D eigenvalue weighted by atomic mass is 10.1. The fourth-order valence-electron chi connectivity index (χ4n) is 2.66. The van der Waals surface area contributed by atoms with Gasteiger partial charge in [-0.25, -0.2) is 0 Å². The van der Waals surface area contributed by atoms with Crippen molar-refractivity contribution < 1.29 is 4.79 Å². The van der Waals surface area contributed by atoms with Gasteiger partial charge in [-0.05, 0) is 38.2 Å². The summed E-state index contributed by atoms with van der Waals surface area (Å²) in [5, 5.41) is 0.458. The number of anilines is 1. The molecule has 1 aliphatic rings. The number of nitrogens with zero attached hydrogens (tertiary/aromatic N) is 2. The lowest BCUT2D eigenvalue weighted by Gasteiger charge is -2.22. The van der Waals surface area contributed by atoms with E-state index in [-0.39, 0.29) is 5.91 Å². The zero-order valence-electron chi connectivity index (χ0n) is 11.6. The predicted octanol–water partition coefficient (Wildman–Crippen LogP) is 1.94. The van der Waals surface area contributed by atoms with Gasteiger partial charge in [0, 0.05) is 24.8 Å². The summed E-state index contributed by atoms with van der Waals surface area (Å²) in [5.41, 5.74) is 6.78. The first-order chi connectivity index (χ1) is 8.90. The summed E-state index contributed by atoms with van der Waals surface area (Å²) in [4.78, 5) is 16.5. The van der Waals surface area contributed by atoms with Crippen molar-refractivity contribution >= 4 is 23.2 Å². The van der Waals surface area contributed by atoms with E-state index in [1.807, 2.05) is 19.0 Å². The molecule has 2 atom stereocenters. The number of amides is 1. The van der Waals surface area contributed by atoms with Crippen LogP contribution in [-0.2, 0) is 0 Å². The third-order valence-corrected chi connectivity index (χ3v) is 4.07. The number of hydrogen-bond donors (Lipinski definition) is 1.